The molecule has 0 amide bonds. The Kier molecular flexibility index (Phi) is 2.51. The number of benzene rings is 1. The summed E-state index contributed by atoms with van der Waals surface area (Å²) in [5.74, 6) is -0.207. The van der Waals surface area contributed by atoms with Crippen LogP contribution in [0.5, 0.6) is 0 Å². The first-order valence-electron chi connectivity index (χ1n) is 5.81. The topological polar surface area (TPSA) is 70.1 Å². The zero-order chi connectivity index (χ0) is 12.5. The van der Waals surface area contributed by atoms with Gasteiger partial charge in [-0.25, -0.2) is 4.79 Å². The summed E-state index contributed by atoms with van der Waals surface area (Å²) in [6.45, 7) is 0.473. The van der Waals surface area contributed by atoms with E-state index in [1.807, 2.05) is 30.5 Å². The highest BCUT2D eigenvalue weighted by Crippen LogP contribution is 2.24. The number of nitrogens with two attached hydrogens (primary N) is 1. The number of esters is 1. The summed E-state index contributed by atoms with van der Waals surface area (Å²) in [6.07, 6.45) is 4.29. The van der Waals surface area contributed by atoms with Crippen LogP contribution in [0.15, 0.2) is 36.7 Å². The monoisotopic (exact) mass is 243 g/mol. The Balaban J connectivity index is 1.89. The molecule has 3 rings (SSSR count). The summed E-state index contributed by atoms with van der Waals surface area (Å²) in [5.41, 5.74) is 8.37. The highest BCUT2D eigenvalue weighted by atomic mass is 16.5. The maximum Gasteiger partial charge on any atom is 0.331 e. The molecule has 2 N–H and O–H groups in total. The quantitative estimate of drug-likeness (QED) is 0.642. The van der Waals surface area contributed by atoms with Gasteiger partial charge in [0.25, 0.3) is 0 Å². The van der Waals surface area contributed by atoms with E-state index >= 15 is 0 Å². The molecular weight excluding hydrogens is 230 g/mol. The molecule has 1 saturated heterocycles. The number of cyclic esters (lactones) is 1. The minimum atomic E-state index is -0.285. The van der Waals surface area contributed by atoms with Gasteiger partial charge >= 0.3 is 5.97 Å². The van der Waals surface area contributed by atoms with Crippen molar-refractivity contribution < 1.29 is 9.53 Å². The summed E-state index contributed by atoms with van der Waals surface area (Å²) >= 11 is 0. The summed E-state index contributed by atoms with van der Waals surface area (Å²) < 4.78 is 6.60. The molecule has 2 heterocycles. The maximum atomic E-state index is 11.5. The van der Waals surface area contributed by atoms with E-state index in [2.05, 4.69) is 5.10 Å². The summed E-state index contributed by atoms with van der Waals surface area (Å²) in [7, 11) is 0. The van der Waals surface area contributed by atoms with E-state index in [0.29, 0.717) is 13.0 Å². The van der Waals surface area contributed by atoms with E-state index in [-0.39, 0.29) is 12.0 Å². The van der Waals surface area contributed by atoms with Crippen LogP contribution in [-0.2, 0) is 9.53 Å². The molecule has 0 aliphatic carbocycles. The predicted molar refractivity (Wildman–Crippen MR) is 66.7 cm³/mol. The molecule has 1 aliphatic heterocycles. The second-order valence-electron chi connectivity index (χ2n) is 4.30. The number of carbonyl (C=O) groups is 1. The van der Waals surface area contributed by atoms with Crippen LogP contribution in [0, 0.1) is 0 Å². The van der Waals surface area contributed by atoms with Crippen molar-refractivity contribution in [1.29, 1.82) is 0 Å². The Labute approximate surface area is 104 Å². The van der Waals surface area contributed by atoms with Crippen LogP contribution in [0.25, 0.3) is 11.1 Å². The van der Waals surface area contributed by atoms with E-state index in [9.17, 15) is 4.79 Å². The average Bonchev–Trinajstić information content (AvgIpc) is 2.98. The second kappa shape index (κ2) is 4.18. The van der Waals surface area contributed by atoms with Crippen LogP contribution in [-0.4, -0.2) is 22.4 Å². The average molecular weight is 243 g/mol. The third-order valence-electron chi connectivity index (χ3n) is 3.07. The molecule has 1 aromatic heterocycles. The Hall–Kier alpha value is -2.30. The number of aromatic nitrogens is 2. The highest BCUT2D eigenvalue weighted by Gasteiger charge is 2.28. The molecule has 1 atom stereocenters. The van der Waals surface area contributed by atoms with Gasteiger partial charge in [0.15, 0.2) is 6.04 Å². The fourth-order valence-electron chi connectivity index (χ4n) is 2.06. The maximum absolute atomic E-state index is 11.5. The number of carbonyl (C=O) groups excluding carboxylic acids is 1. The Morgan fingerprint density at radius 1 is 1.28 bits per heavy atom. The molecule has 5 heteroatoms. The smallest absolute Gasteiger partial charge is 0.331 e. The van der Waals surface area contributed by atoms with E-state index in [1.54, 1.807) is 10.9 Å². The van der Waals surface area contributed by atoms with Crippen molar-refractivity contribution in [1.82, 2.24) is 9.78 Å². The van der Waals surface area contributed by atoms with Gasteiger partial charge in [0.2, 0.25) is 0 Å². The number of rotatable bonds is 2. The molecule has 1 fully saturated rings. The van der Waals surface area contributed by atoms with Crippen molar-refractivity contribution >= 4 is 11.7 Å². The van der Waals surface area contributed by atoms with Gasteiger partial charge in [-0.3, -0.25) is 4.68 Å². The number of hydrogen-bond donors (Lipinski definition) is 1. The molecule has 2 aromatic rings. The fraction of sp³-hybridized carbons (Fsp3) is 0.231. The van der Waals surface area contributed by atoms with E-state index in [0.717, 1.165) is 16.8 Å². The van der Waals surface area contributed by atoms with E-state index in [4.69, 9.17) is 10.5 Å². The van der Waals surface area contributed by atoms with Gasteiger partial charge < -0.3 is 10.5 Å². The standard InChI is InChI=1S/C13H13N3O2/c14-11-3-1-9(2-4-11)10-7-15-16(8-10)12-5-6-18-13(12)17/h1-4,7-8,12H,5-6,14H2. The SMILES string of the molecule is Nc1ccc(-c2cnn(C3CCOC3=O)c2)cc1. The molecule has 18 heavy (non-hydrogen) atoms. The first-order valence-corrected chi connectivity index (χ1v) is 5.81. The van der Waals surface area contributed by atoms with Crippen LogP contribution in [0.3, 0.4) is 0 Å². The zero-order valence-corrected chi connectivity index (χ0v) is 9.74. The minimum Gasteiger partial charge on any atom is -0.464 e. The molecule has 5 nitrogen and oxygen atoms in total. The van der Waals surface area contributed by atoms with Gasteiger partial charge in [0.1, 0.15) is 0 Å². The molecule has 0 bridgehead atoms. The normalized spacial score (nSPS) is 18.9. The second-order valence-corrected chi connectivity index (χ2v) is 4.30. The molecular formula is C13H13N3O2. The van der Waals surface area contributed by atoms with Crippen molar-refractivity contribution in [2.24, 2.45) is 0 Å². The Morgan fingerprint density at radius 2 is 2.06 bits per heavy atom. The molecule has 0 radical (unpaired) electrons. The molecule has 92 valence electrons. The van der Waals surface area contributed by atoms with Crippen LogP contribution in [0.2, 0.25) is 0 Å². The number of ether oxygens (including phenoxy) is 1. The van der Waals surface area contributed by atoms with Crippen molar-refractivity contribution in [2.45, 2.75) is 12.5 Å². The summed E-state index contributed by atoms with van der Waals surface area (Å²) in [5, 5.41) is 4.23. The first-order chi connectivity index (χ1) is 8.74. The Morgan fingerprint density at radius 3 is 2.72 bits per heavy atom. The number of nitrogen functional groups attached to an aromatic ring is 1. The largest absolute Gasteiger partial charge is 0.464 e. The van der Waals surface area contributed by atoms with Crippen LogP contribution >= 0.6 is 0 Å². The van der Waals surface area contributed by atoms with Crippen LogP contribution in [0.4, 0.5) is 5.69 Å². The van der Waals surface area contributed by atoms with Crippen LogP contribution in [0.1, 0.15) is 12.5 Å². The lowest BCUT2D eigenvalue weighted by Crippen LogP contribution is -2.14. The van der Waals surface area contributed by atoms with Crippen molar-refractivity contribution in [3.8, 4) is 11.1 Å². The lowest BCUT2D eigenvalue weighted by molar-refractivity contribution is -0.140. The zero-order valence-electron chi connectivity index (χ0n) is 9.74. The van der Waals surface area contributed by atoms with Crippen molar-refractivity contribution in [3.63, 3.8) is 0 Å². The van der Waals surface area contributed by atoms with Gasteiger partial charge in [-0.05, 0) is 17.7 Å². The predicted octanol–water partition coefficient (Wildman–Crippen LogP) is 1.62. The first kappa shape index (κ1) is 10.8. The van der Waals surface area contributed by atoms with Gasteiger partial charge in [0, 0.05) is 23.9 Å². The lowest BCUT2D eigenvalue weighted by Gasteiger charge is -2.04. The molecule has 1 aliphatic rings. The number of anilines is 1. The molecule has 0 saturated carbocycles. The fourth-order valence-corrected chi connectivity index (χ4v) is 2.06. The van der Waals surface area contributed by atoms with Crippen LogP contribution < -0.4 is 5.73 Å². The number of nitrogens with zero attached hydrogens (tertiary/aromatic N) is 2. The van der Waals surface area contributed by atoms with Crippen molar-refractivity contribution in [2.75, 3.05) is 12.3 Å². The van der Waals surface area contributed by atoms with E-state index < -0.39 is 0 Å². The molecule has 1 unspecified atom stereocenters. The summed E-state index contributed by atoms with van der Waals surface area (Å²) in [4.78, 5) is 11.5. The van der Waals surface area contributed by atoms with Gasteiger partial charge in [-0.15, -0.1) is 0 Å². The lowest BCUT2D eigenvalue weighted by atomic mass is 10.1. The number of hydrogen-bond acceptors (Lipinski definition) is 4. The Bertz CT molecular complexity index is 574. The molecule has 0 spiro atoms. The van der Waals surface area contributed by atoms with E-state index in [1.165, 1.54) is 0 Å². The highest BCUT2D eigenvalue weighted by molar-refractivity contribution is 5.76. The third-order valence-corrected chi connectivity index (χ3v) is 3.07. The summed E-state index contributed by atoms with van der Waals surface area (Å²) in [6, 6.07) is 7.27. The minimum absolute atomic E-state index is 0.207. The molecule has 1 aromatic carbocycles. The van der Waals surface area contributed by atoms with Gasteiger partial charge in [-0.1, -0.05) is 12.1 Å². The van der Waals surface area contributed by atoms with Gasteiger partial charge in [0.05, 0.1) is 12.8 Å². The van der Waals surface area contributed by atoms with Crippen molar-refractivity contribution in [3.05, 3.63) is 36.7 Å². The van der Waals surface area contributed by atoms with Gasteiger partial charge in [-0.2, -0.15) is 5.10 Å². The third kappa shape index (κ3) is 1.84.